The van der Waals surface area contributed by atoms with Crippen LogP contribution in [0.4, 0.5) is 5.82 Å². The van der Waals surface area contributed by atoms with E-state index < -0.39 is 0 Å². The molecule has 6 heteroatoms. The van der Waals surface area contributed by atoms with Crippen molar-refractivity contribution in [3.63, 3.8) is 0 Å². The van der Waals surface area contributed by atoms with Crippen molar-refractivity contribution in [1.82, 2.24) is 15.1 Å². The second-order valence-corrected chi connectivity index (χ2v) is 4.47. The summed E-state index contributed by atoms with van der Waals surface area (Å²) in [5.74, 6) is 0.917. The van der Waals surface area contributed by atoms with Crippen molar-refractivity contribution in [2.75, 3.05) is 18.0 Å². The van der Waals surface area contributed by atoms with Gasteiger partial charge in [0.05, 0.1) is 5.69 Å². The Labute approximate surface area is 98.8 Å². The summed E-state index contributed by atoms with van der Waals surface area (Å²) in [5, 5.41) is 4.86. The van der Waals surface area contributed by atoms with Gasteiger partial charge in [-0.3, -0.25) is 0 Å². The lowest BCUT2D eigenvalue weighted by atomic mass is 10.1. The minimum atomic E-state index is 0.312. The van der Waals surface area contributed by atoms with Gasteiger partial charge in [0, 0.05) is 19.1 Å². The molecule has 1 saturated heterocycles. The maximum atomic E-state index is 5.91. The molecule has 0 atom stereocenters. The molecular weight excluding hydrogens is 218 g/mol. The molecule has 6 nitrogen and oxygen atoms in total. The van der Waals surface area contributed by atoms with Crippen LogP contribution >= 0.6 is 0 Å². The number of fused-ring (bicyclic) bond motifs is 1. The molecule has 0 aliphatic carbocycles. The highest BCUT2D eigenvalue weighted by molar-refractivity contribution is 5.87. The maximum Gasteiger partial charge on any atom is 0.263 e. The molecule has 0 aromatic carbocycles. The highest BCUT2D eigenvalue weighted by Crippen LogP contribution is 2.27. The van der Waals surface area contributed by atoms with Gasteiger partial charge < -0.3 is 15.2 Å². The summed E-state index contributed by atoms with van der Waals surface area (Å²) in [5.41, 5.74) is 7.30. The fourth-order valence-corrected chi connectivity index (χ4v) is 2.25. The molecule has 2 N–H and O–H groups in total. The van der Waals surface area contributed by atoms with Gasteiger partial charge in [-0.25, -0.2) is 4.98 Å². The van der Waals surface area contributed by atoms with Crippen molar-refractivity contribution in [3.05, 3.63) is 12.0 Å². The highest BCUT2D eigenvalue weighted by Gasteiger charge is 2.21. The molecule has 3 heterocycles. The van der Waals surface area contributed by atoms with Crippen molar-refractivity contribution < 1.29 is 4.52 Å². The molecule has 0 spiro atoms. The predicted octanol–water partition coefficient (Wildman–Crippen LogP) is 0.854. The van der Waals surface area contributed by atoms with Gasteiger partial charge in [-0.15, -0.1) is 0 Å². The van der Waals surface area contributed by atoms with E-state index >= 15 is 0 Å². The van der Waals surface area contributed by atoms with Gasteiger partial charge in [-0.2, -0.15) is 4.98 Å². The van der Waals surface area contributed by atoms with Crippen LogP contribution in [-0.4, -0.2) is 34.3 Å². The van der Waals surface area contributed by atoms with Gasteiger partial charge in [-0.05, 0) is 19.8 Å². The van der Waals surface area contributed by atoms with E-state index in [1.54, 1.807) is 0 Å². The fourth-order valence-electron chi connectivity index (χ4n) is 2.25. The molecule has 3 rings (SSSR count). The first-order chi connectivity index (χ1) is 8.25. The van der Waals surface area contributed by atoms with Crippen molar-refractivity contribution in [3.8, 4) is 0 Å². The summed E-state index contributed by atoms with van der Waals surface area (Å²) in [6.45, 7) is 3.77. The third-order valence-corrected chi connectivity index (χ3v) is 3.26. The molecule has 1 aliphatic rings. The van der Waals surface area contributed by atoms with Crippen LogP contribution in [0, 0.1) is 6.92 Å². The third kappa shape index (κ3) is 1.74. The normalized spacial score (nSPS) is 17.9. The number of aromatic nitrogens is 3. The molecule has 90 valence electrons. The average molecular weight is 233 g/mol. The minimum absolute atomic E-state index is 0.312. The van der Waals surface area contributed by atoms with E-state index in [4.69, 9.17) is 10.3 Å². The Hall–Kier alpha value is -1.69. The van der Waals surface area contributed by atoms with Crippen LogP contribution in [0.3, 0.4) is 0 Å². The Bertz CT molecular complexity index is 530. The van der Waals surface area contributed by atoms with Gasteiger partial charge in [0.2, 0.25) is 0 Å². The Morgan fingerprint density at radius 1 is 1.35 bits per heavy atom. The molecule has 0 unspecified atom stereocenters. The summed E-state index contributed by atoms with van der Waals surface area (Å²) in [6.07, 6.45) is 3.52. The Morgan fingerprint density at radius 2 is 2.12 bits per heavy atom. The summed E-state index contributed by atoms with van der Waals surface area (Å²) < 4.78 is 5.15. The molecular formula is C11H15N5O. The first kappa shape index (κ1) is 10.5. The van der Waals surface area contributed by atoms with Crippen LogP contribution in [0.1, 0.15) is 18.5 Å². The number of nitrogens with two attached hydrogens (primary N) is 1. The zero-order valence-electron chi connectivity index (χ0n) is 9.76. The van der Waals surface area contributed by atoms with Crippen LogP contribution in [0.2, 0.25) is 0 Å². The van der Waals surface area contributed by atoms with Crippen LogP contribution in [0.5, 0.6) is 0 Å². The van der Waals surface area contributed by atoms with Gasteiger partial charge in [0.25, 0.3) is 5.71 Å². The predicted molar refractivity (Wildman–Crippen MR) is 63.8 cm³/mol. The third-order valence-electron chi connectivity index (χ3n) is 3.26. The van der Waals surface area contributed by atoms with E-state index in [-0.39, 0.29) is 0 Å². The van der Waals surface area contributed by atoms with Crippen molar-refractivity contribution in [1.29, 1.82) is 0 Å². The topological polar surface area (TPSA) is 81.1 Å². The van der Waals surface area contributed by atoms with Crippen LogP contribution in [0.15, 0.2) is 10.9 Å². The molecule has 17 heavy (non-hydrogen) atoms. The van der Waals surface area contributed by atoms with Crippen LogP contribution in [-0.2, 0) is 0 Å². The van der Waals surface area contributed by atoms with E-state index in [0.717, 1.165) is 42.8 Å². The highest BCUT2D eigenvalue weighted by atomic mass is 16.5. The lowest BCUT2D eigenvalue weighted by Crippen LogP contribution is -2.40. The van der Waals surface area contributed by atoms with E-state index in [2.05, 4.69) is 20.0 Å². The number of nitrogens with zero attached hydrogens (tertiary/aromatic N) is 4. The molecule has 1 fully saturated rings. The molecule has 2 aromatic heterocycles. The smallest absolute Gasteiger partial charge is 0.263 e. The molecule has 0 radical (unpaired) electrons. The minimum Gasteiger partial charge on any atom is -0.356 e. The number of hydrogen-bond donors (Lipinski definition) is 1. The summed E-state index contributed by atoms with van der Waals surface area (Å²) in [4.78, 5) is 10.7. The average Bonchev–Trinajstić information content (AvgIpc) is 2.73. The zero-order valence-corrected chi connectivity index (χ0v) is 9.76. The Kier molecular flexibility index (Phi) is 2.44. The van der Waals surface area contributed by atoms with E-state index in [9.17, 15) is 0 Å². The van der Waals surface area contributed by atoms with E-state index in [1.807, 2.05) is 6.92 Å². The summed E-state index contributed by atoms with van der Waals surface area (Å²) >= 11 is 0. The van der Waals surface area contributed by atoms with Gasteiger partial charge in [0.1, 0.15) is 17.5 Å². The number of piperidine rings is 1. The molecule has 0 amide bonds. The first-order valence-corrected chi connectivity index (χ1v) is 5.83. The largest absolute Gasteiger partial charge is 0.356 e. The zero-order chi connectivity index (χ0) is 11.8. The quantitative estimate of drug-likeness (QED) is 0.786. The lowest BCUT2D eigenvalue weighted by molar-refractivity contribution is 0.442. The number of rotatable bonds is 1. The monoisotopic (exact) mass is 233 g/mol. The standard InChI is InChI=1S/C11H15N5O/c1-7-9-10(13-6-14-11(9)17-15-7)16-4-2-8(12)3-5-16/h6,8H,2-5,12H2,1H3. The van der Waals surface area contributed by atoms with Gasteiger partial charge >= 0.3 is 0 Å². The molecule has 1 aliphatic heterocycles. The molecule has 2 aromatic rings. The first-order valence-electron chi connectivity index (χ1n) is 5.83. The van der Waals surface area contributed by atoms with Crippen molar-refractivity contribution in [2.45, 2.75) is 25.8 Å². The van der Waals surface area contributed by atoms with Crippen LogP contribution in [0.25, 0.3) is 11.1 Å². The molecule has 0 saturated carbocycles. The van der Waals surface area contributed by atoms with Crippen molar-refractivity contribution >= 4 is 16.9 Å². The lowest BCUT2D eigenvalue weighted by Gasteiger charge is -2.31. The number of aryl methyl sites for hydroxylation is 1. The Balaban J connectivity index is 2.02. The van der Waals surface area contributed by atoms with E-state index in [1.165, 1.54) is 6.33 Å². The molecule has 0 bridgehead atoms. The van der Waals surface area contributed by atoms with Crippen molar-refractivity contribution in [2.24, 2.45) is 5.73 Å². The second-order valence-electron chi connectivity index (χ2n) is 4.47. The van der Waals surface area contributed by atoms with Gasteiger partial charge in [-0.1, -0.05) is 5.16 Å². The fraction of sp³-hybridized carbons (Fsp3) is 0.545. The summed E-state index contributed by atoms with van der Waals surface area (Å²) in [6, 6.07) is 0.312. The van der Waals surface area contributed by atoms with Gasteiger partial charge in [0.15, 0.2) is 0 Å². The number of anilines is 1. The second kappa shape index (κ2) is 3.96. The Morgan fingerprint density at radius 3 is 2.88 bits per heavy atom. The van der Waals surface area contributed by atoms with E-state index in [0.29, 0.717) is 11.8 Å². The van der Waals surface area contributed by atoms with Crippen LogP contribution < -0.4 is 10.6 Å². The summed E-state index contributed by atoms with van der Waals surface area (Å²) in [7, 11) is 0. The SMILES string of the molecule is Cc1noc2ncnc(N3CCC(N)CC3)c12. The maximum absolute atomic E-state index is 5.91. The number of hydrogen-bond acceptors (Lipinski definition) is 6.